The summed E-state index contributed by atoms with van der Waals surface area (Å²) < 4.78 is 11.5. The number of hydrogen-bond acceptors (Lipinski definition) is 2. The van der Waals surface area contributed by atoms with Crippen molar-refractivity contribution in [3.8, 4) is 0 Å². The fourth-order valence-electron chi connectivity index (χ4n) is 1.49. The van der Waals surface area contributed by atoms with Gasteiger partial charge in [-0.15, -0.1) is 0 Å². The molecular weight excluding hydrogens is 179 g/mol. The van der Waals surface area contributed by atoms with Crippen LogP contribution in [0, 0.1) is 0 Å². The van der Waals surface area contributed by atoms with Gasteiger partial charge >= 0.3 is 8.56 Å². The SMILES string of the molecule is BCCCC[Si](C)(OCC)OCC. The first kappa shape index (κ1) is 13.2. The minimum atomic E-state index is -1.79. The van der Waals surface area contributed by atoms with Crippen LogP contribution in [-0.2, 0) is 8.85 Å². The van der Waals surface area contributed by atoms with E-state index in [1.807, 2.05) is 13.8 Å². The monoisotopic (exact) mass is 202 g/mol. The molecule has 0 spiro atoms. The lowest BCUT2D eigenvalue weighted by molar-refractivity contribution is 0.188. The van der Waals surface area contributed by atoms with Crippen molar-refractivity contribution >= 4 is 16.4 Å². The molecule has 0 heterocycles. The van der Waals surface area contributed by atoms with Gasteiger partial charge in [0.15, 0.2) is 0 Å². The number of rotatable bonds is 8. The highest BCUT2D eigenvalue weighted by molar-refractivity contribution is 6.66. The van der Waals surface area contributed by atoms with Crippen LogP contribution >= 0.6 is 0 Å². The highest BCUT2D eigenvalue weighted by Crippen LogP contribution is 2.17. The van der Waals surface area contributed by atoms with Crippen LogP contribution in [0.25, 0.3) is 0 Å². The average molecular weight is 202 g/mol. The fraction of sp³-hybridized carbons (Fsp3) is 1.00. The van der Waals surface area contributed by atoms with Crippen molar-refractivity contribution in [1.82, 2.24) is 0 Å². The Labute approximate surface area is 84.7 Å². The van der Waals surface area contributed by atoms with E-state index in [1.54, 1.807) is 0 Å². The molecule has 0 aromatic heterocycles. The third-order valence-electron chi connectivity index (χ3n) is 2.13. The van der Waals surface area contributed by atoms with Crippen LogP contribution in [0.5, 0.6) is 0 Å². The predicted molar refractivity (Wildman–Crippen MR) is 62.3 cm³/mol. The highest BCUT2D eigenvalue weighted by atomic mass is 28.4. The summed E-state index contributed by atoms with van der Waals surface area (Å²) in [6.45, 7) is 7.84. The van der Waals surface area contributed by atoms with Crippen LogP contribution in [-0.4, -0.2) is 29.6 Å². The molecule has 0 aliphatic rings. The van der Waals surface area contributed by atoms with Gasteiger partial charge in [-0.1, -0.05) is 19.2 Å². The molecule has 78 valence electrons. The first-order valence-electron chi connectivity index (χ1n) is 5.46. The second kappa shape index (κ2) is 7.59. The molecule has 0 aromatic rings. The number of unbranched alkanes of at least 4 members (excludes halogenated alkanes) is 1. The van der Waals surface area contributed by atoms with Gasteiger partial charge in [0.2, 0.25) is 0 Å². The maximum absolute atomic E-state index is 5.73. The summed E-state index contributed by atoms with van der Waals surface area (Å²) in [5.41, 5.74) is 0. The van der Waals surface area contributed by atoms with Crippen LogP contribution < -0.4 is 0 Å². The summed E-state index contributed by atoms with van der Waals surface area (Å²) in [7, 11) is 0.436. The van der Waals surface area contributed by atoms with Crippen LogP contribution in [0.4, 0.5) is 0 Å². The van der Waals surface area contributed by atoms with Crippen LogP contribution in [0.3, 0.4) is 0 Å². The smallest absolute Gasteiger partial charge is 0.334 e. The van der Waals surface area contributed by atoms with Gasteiger partial charge in [-0.2, -0.15) is 0 Å². The first-order chi connectivity index (χ1) is 6.18. The molecule has 0 unspecified atom stereocenters. The Morgan fingerprint density at radius 3 is 2.00 bits per heavy atom. The minimum absolute atomic E-state index is 0.787. The number of hydrogen-bond donors (Lipinski definition) is 0. The molecule has 0 aliphatic heterocycles. The van der Waals surface area contributed by atoms with Gasteiger partial charge < -0.3 is 8.85 Å². The third-order valence-corrected chi connectivity index (χ3v) is 5.19. The van der Waals surface area contributed by atoms with E-state index < -0.39 is 8.56 Å². The lowest BCUT2D eigenvalue weighted by Crippen LogP contribution is -2.38. The fourth-order valence-corrected chi connectivity index (χ4v) is 3.98. The van der Waals surface area contributed by atoms with E-state index in [1.165, 1.54) is 19.2 Å². The Morgan fingerprint density at radius 1 is 1.08 bits per heavy atom. The second-order valence-corrected chi connectivity index (χ2v) is 6.80. The third kappa shape index (κ3) is 6.30. The molecule has 0 atom stereocenters. The van der Waals surface area contributed by atoms with Gasteiger partial charge in [-0.25, -0.2) is 0 Å². The van der Waals surface area contributed by atoms with E-state index in [2.05, 4.69) is 14.4 Å². The van der Waals surface area contributed by atoms with Crippen LogP contribution in [0.2, 0.25) is 18.9 Å². The molecule has 4 heteroatoms. The van der Waals surface area contributed by atoms with Crippen molar-refractivity contribution in [3.63, 3.8) is 0 Å². The van der Waals surface area contributed by atoms with Crippen molar-refractivity contribution in [1.29, 1.82) is 0 Å². The summed E-state index contributed by atoms with van der Waals surface area (Å²) in [6.07, 6.45) is 3.81. The molecule has 0 rings (SSSR count). The van der Waals surface area contributed by atoms with E-state index in [0.29, 0.717) is 0 Å². The van der Waals surface area contributed by atoms with Crippen LogP contribution in [0.1, 0.15) is 26.7 Å². The Hall–Kier alpha value is 0.202. The molecule has 2 nitrogen and oxygen atoms in total. The van der Waals surface area contributed by atoms with E-state index in [9.17, 15) is 0 Å². The van der Waals surface area contributed by atoms with E-state index in [4.69, 9.17) is 8.85 Å². The largest absolute Gasteiger partial charge is 0.395 e. The quantitative estimate of drug-likeness (QED) is 0.442. The second-order valence-electron chi connectivity index (χ2n) is 3.46. The Morgan fingerprint density at radius 2 is 1.62 bits per heavy atom. The predicted octanol–water partition coefficient (Wildman–Crippen LogP) is 1.96. The maximum Gasteiger partial charge on any atom is 0.334 e. The first-order valence-corrected chi connectivity index (χ1v) is 7.98. The topological polar surface area (TPSA) is 18.5 Å². The maximum atomic E-state index is 5.73. The summed E-state index contributed by atoms with van der Waals surface area (Å²) in [5.74, 6) is 0. The van der Waals surface area contributed by atoms with E-state index >= 15 is 0 Å². The normalized spacial score (nSPS) is 11.9. The summed E-state index contributed by atoms with van der Waals surface area (Å²) in [4.78, 5) is 0. The summed E-state index contributed by atoms with van der Waals surface area (Å²) >= 11 is 0. The average Bonchev–Trinajstić information content (AvgIpc) is 2.05. The van der Waals surface area contributed by atoms with Gasteiger partial charge in [-0.3, -0.25) is 0 Å². The highest BCUT2D eigenvalue weighted by Gasteiger charge is 2.29. The van der Waals surface area contributed by atoms with E-state index in [-0.39, 0.29) is 0 Å². The Kier molecular flexibility index (Phi) is 7.71. The molecule has 0 bridgehead atoms. The lowest BCUT2D eigenvalue weighted by atomic mass is 10.0. The summed E-state index contributed by atoms with van der Waals surface area (Å²) in [5, 5.41) is 0. The van der Waals surface area contributed by atoms with Crippen molar-refractivity contribution in [2.24, 2.45) is 0 Å². The summed E-state index contributed by atoms with van der Waals surface area (Å²) in [6, 6.07) is 1.14. The van der Waals surface area contributed by atoms with Crippen molar-refractivity contribution < 1.29 is 8.85 Å². The van der Waals surface area contributed by atoms with Gasteiger partial charge in [0.1, 0.15) is 7.85 Å². The van der Waals surface area contributed by atoms with Crippen molar-refractivity contribution in [2.45, 2.75) is 45.6 Å². The Balaban J connectivity index is 3.76. The van der Waals surface area contributed by atoms with Crippen LogP contribution in [0.15, 0.2) is 0 Å². The zero-order valence-corrected chi connectivity index (χ0v) is 10.6. The van der Waals surface area contributed by atoms with Crippen molar-refractivity contribution in [3.05, 3.63) is 0 Å². The zero-order chi connectivity index (χ0) is 10.2. The molecular formula is C9H23BO2Si. The van der Waals surface area contributed by atoms with E-state index in [0.717, 1.165) is 19.3 Å². The molecule has 0 aliphatic carbocycles. The molecule has 0 aromatic carbocycles. The van der Waals surface area contributed by atoms with Crippen molar-refractivity contribution in [2.75, 3.05) is 13.2 Å². The lowest BCUT2D eigenvalue weighted by Gasteiger charge is -2.25. The molecule has 0 amide bonds. The van der Waals surface area contributed by atoms with Gasteiger partial charge in [0.05, 0.1) is 0 Å². The molecule has 0 saturated carbocycles. The van der Waals surface area contributed by atoms with Gasteiger partial charge in [0, 0.05) is 13.2 Å². The molecule has 13 heavy (non-hydrogen) atoms. The molecule has 0 N–H and O–H groups in total. The van der Waals surface area contributed by atoms with Gasteiger partial charge in [0.25, 0.3) is 0 Å². The Bertz CT molecular complexity index is 116. The molecule has 0 fully saturated rings. The minimum Gasteiger partial charge on any atom is -0.395 e. The van der Waals surface area contributed by atoms with Gasteiger partial charge in [-0.05, 0) is 26.4 Å². The molecule has 0 radical (unpaired) electrons. The zero-order valence-electron chi connectivity index (χ0n) is 9.56. The molecule has 0 saturated heterocycles. The standard InChI is InChI=1S/C9H23BO2Si/c1-4-11-13(3,12-5-2)9-7-6-8-10/h4-10H2,1-3H3.